The molecule has 0 aliphatic heterocycles. The smallest absolute Gasteiger partial charge is 0.272 e. The van der Waals surface area contributed by atoms with Crippen LogP contribution in [0.25, 0.3) is 21.8 Å². The number of aromatic nitrogens is 2. The van der Waals surface area contributed by atoms with Gasteiger partial charge in [0, 0.05) is 29.0 Å². The highest BCUT2D eigenvalue weighted by atomic mass is 32.2. The summed E-state index contributed by atoms with van der Waals surface area (Å²) in [6.07, 6.45) is 2.27. The molecule has 8 heteroatoms. The minimum Gasteiger partial charge on any atom is -0.350 e. The normalized spacial score (nSPS) is 12.2. The lowest BCUT2D eigenvalue weighted by molar-refractivity contribution is 0.575. The average molecular weight is 348 g/mol. The van der Waals surface area contributed by atoms with Crippen molar-refractivity contribution >= 4 is 31.8 Å². The summed E-state index contributed by atoms with van der Waals surface area (Å²) >= 11 is 0. The maximum atomic E-state index is 12.4. The van der Waals surface area contributed by atoms with Crippen molar-refractivity contribution in [3.63, 3.8) is 0 Å². The van der Waals surface area contributed by atoms with Crippen LogP contribution in [-0.4, -0.2) is 38.0 Å². The van der Waals surface area contributed by atoms with E-state index in [0.717, 1.165) is 25.0 Å². The minimum absolute atomic E-state index is 0.194. The third-order valence-electron chi connectivity index (χ3n) is 3.88. The van der Waals surface area contributed by atoms with Gasteiger partial charge in [-0.15, -0.1) is 0 Å². The summed E-state index contributed by atoms with van der Waals surface area (Å²) < 4.78 is 27.5. The number of sulfonamides is 1. The second kappa shape index (κ2) is 6.76. The van der Waals surface area contributed by atoms with Gasteiger partial charge in [-0.25, -0.2) is 13.1 Å². The van der Waals surface area contributed by atoms with E-state index in [0.29, 0.717) is 22.8 Å². The Morgan fingerprint density at radius 2 is 1.96 bits per heavy atom. The molecule has 3 rings (SSSR count). The Labute approximate surface area is 139 Å². The molecule has 2 aromatic heterocycles. The number of pyridine rings is 1. The highest BCUT2D eigenvalue weighted by molar-refractivity contribution is 7.89. The van der Waals surface area contributed by atoms with Crippen LogP contribution in [0.5, 0.6) is 0 Å². The Morgan fingerprint density at radius 1 is 1.12 bits per heavy atom. The number of benzene rings is 1. The molecule has 0 unspecified atom stereocenters. The van der Waals surface area contributed by atoms with Gasteiger partial charge in [-0.1, -0.05) is 6.92 Å². The van der Waals surface area contributed by atoms with Gasteiger partial charge < -0.3 is 15.3 Å². The summed E-state index contributed by atoms with van der Waals surface area (Å²) in [4.78, 5) is 17.7. The van der Waals surface area contributed by atoms with Crippen molar-refractivity contribution in [1.29, 1.82) is 0 Å². The van der Waals surface area contributed by atoms with Gasteiger partial charge in [-0.3, -0.25) is 4.79 Å². The fourth-order valence-electron chi connectivity index (χ4n) is 2.66. The molecule has 0 radical (unpaired) electrons. The number of fused-ring (bicyclic) bond motifs is 3. The van der Waals surface area contributed by atoms with Gasteiger partial charge in [0.2, 0.25) is 10.0 Å². The fraction of sp³-hybridized carbons (Fsp3) is 0.312. The first-order valence-electron chi connectivity index (χ1n) is 7.86. The van der Waals surface area contributed by atoms with Crippen molar-refractivity contribution in [2.45, 2.75) is 18.2 Å². The van der Waals surface area contributed by atoms with Crippen LogP contribution in [0.4, 0.5) is 0 Å². The number of rotatable bonds is 7. The predicted molar refractivity (Wildman–Crippen MR) is 94.8 cm³/mol. The summed E-state index contributed by atoms with van der Waals surface area (Å²) in [7, 11) is -3.57. The summed E-state index contributed by atoms with van der Waals surface area (Å²) in [6, 6.07) is 6.58. The number of aromatic amines is 2. The minimum atomic E-state index is -3.57. The lowest BCUT2D eigenvalue weighted by atomic mass is 10.2. The second-order valence-corrected chi connectivity index (χ2v) is 7.30. The van der Waals surface area contributed by atoms with Gasteiger partial charge in [0.25, 0.3) is 5.56 Å². The predicted octanol–water partition coefficient (Wildman–Crippen LogP) is 1.29. The molecule has 0 aliphatic carbocycles. The van der Waals surface area contributed by atoms with Gasteiger partial charge in [0.05, 0.1) is 4.90 Å². The molecule has 0 fully saturated rings. The highest BCUT2D eigenvalue weighted by Gasteiger charge is 2.16. The molecule has 0 aliphatic rings. The molecular formula is C16H20N4O3S. The molecule has 1 aromatic carbocycles. The first-order chi connectivity index (χ1) is 11.5. The Kier molecular flexibility index (Phi) is 4.70. The van der Waals surface area contributed by atoms with Crippen LogP contribution in [0.3, 0.4) is 0 Å². The molecule has 3 aromatic rings. The number of H-pyrrole nitrogens is 2. The quantitative estimate of drug-likeness (QED) is 0.483. The molecular weight excluding hydrogens is 328 g/mol. The lowest BCUT2D eigenvalue weighted by Crippen LogP contribution is -2.27. The van der Waals surface area contributed by atoms with Crippen LogP contribution in [0.1, 0.15) is 13.3 Å². The van der Waals surface area contributed by atoms with Gasteiger partial charge in [-0.2, -0.15) is 0 Å². The SMILES string of the molecule is CCNCCCNS(=O)(=O)c1ccc2[nH]c3c(=O)[nH]ccc3c2c1. The monoisotopic (exact) mass is 348 g/mol. The van der Waals surface area contributed by atoms with Crippen LogP contribution in [-0.2, 0) is 10.0 Å². The molecule has 4 N–H and O–H groups in total. The maximum absolute atomic E-state index is 12.4. The summed E-state index contributed by atoms with van der Waals surface area (Å²) in [6.45, 7) is 4.01. The van der Waals surface area contributed by atoms with Gasteiger partial charge in [-0.05, 0) is 43.8 Å². The average Bonchev–Trinajstić information content (AvgIpc) is 2.94. The van der Waals surface area contributed by atoms with E-state index in [1.165, 1.54) is 0 Å². The summed E-state index contributed by atoms with van der Waals surface area (Å²) in [5, 5.41) is 4.57. The van der Waals surface area contributed by atoms with Crippen molar-refractivity contribution in [3.05, 3.63) is 40.8 Å². The number of nitrogens with one attached hydrogen (secondary N) is 4. The van der Waals surface area contributed by atoms with Crippen molar-refractivity contribution in [2.24, 2.45) is 0 Å². The fourth-order valence-corrected chi connectivity index (χ4v) is 3.76. The molecule has 7 nitrogen and oxygen atoms in total. The molecule has 128 valence electrons. The van der Waals surface area contributed by atoms with E-state index in [9.17, 15) is 13.2 Å². The molecule has 0 saturated heterocycles. The van der Waals surface area contributed by atoms with E-state index in [1.54, 1.807) is 30.5 Å². The van der Waals surface area contributed by atoms with Crippen molar-refractivity contribution in [1.82, 2.24) is 20.0 Å². The van der Waals surface area contributed by atoms with Crippen LogP contribution in [0, 0.1) is 0 Å². The standard InChI is InChI=1S/C16H20N4O3S/c1-2-17-7-3-8-19-24(22,23)11-4-5-14-13(10-11)12-6-9-18-16(21)15(12)20-14/h4-6,9-10,17,19-20H,2-3,7-8H2,1H3,(H,18,21). The van der Waals surface area contributed by atoms with E-state index >= 15 is 0 Å². The first-order valence-corrected chi connectivity index (χ1v) is 9.35. The zero-order chi connectivity index (χ0) is 17.2. The van der Waals surface area contributed by atoms with E-state index in [-0.39, 0.29) is 10.5 Å². The highest BCUT2D eigenvalue weighted by Crippen LogP contribution is 2.25. The Bertz CT molecular complexity index is 1020. The van der Waals surface area contributed by atoms with Crippen molar-refractivity contribution in [2.75, 3.05) is 19.6 Å². The van der Waals surface area contributed by atoms with E-state index < -0.39 is 10.0 Å². The Morgan fingerprint density at radius 3 is 2.75 bits per heavy atom. The zero-order valence-corrected chi connectivity index (χ0v) is 14.2. The van der Waals surface area contributed by atoms with Crippen molar-refractivity contribution in [3.8, 4) is 0 Å². The molecule has 2 heterocycles. The summed E-state index contributed by atoms with van der Waals surface area (Å²) in [5.74, 6) is 0. The molecule has 0 amide bonds. The van der Waals surface area contributed by atoms with Gasteiger partial charge in [0.15, 0.2) is 0 Å². The number of hydrogen-bond donors (Lipinski definition) is 4. The molecule has 0 saturated carbocycles. The topological polar surface area (TPSA) is 107 Å². The zero-order valence-electron chi connectivity index (χ0n) is 13.3. The third kappa shape index (κ3) is 3.21. The molecule has 0 atom stereocenters. The molecule has 0 spiro atoms. The first kappa shape index (κ1) is 16.7. The maximum Gasteiger partial charge on any atom is 0.272 e. The van der Waals surface area contributed by atoms with Gasteiger partial charge >= 0.3 is 0 Å². The Balaban J connectivity index is 1.91. The lowest BCUT2D eigenvalue weighted by Gasteiger charge is -2.07. The van der Waals surface area contributed by atoms with Gasteiger partial charge in [0.1, 0.15) is 5.52 Å². The van der Waals surface area contributed by atoms with Crippen molar-refractivity contribution < 1.29 is 8.42 Å². The number of hydrogen-bond acceptors (Lipinski definition) is 4. The Hall–Kier alpha value is -2.16. The van der Waals surface area contributed by atoms with Crippen LogP contribution >= 0.6 is 0 Å². The molecule has 0 bridgehead atoms. The van der Waals surface area contributed by atoms with Crippen LogP contribution in [0.2, 0.25) is 0 Å². The van der Waals surface area contributed by atoms with Crippen LogP contribution < -0.4 is 15.6 Å². The van der Waals surface area contributed by atoms with E-state index in [2.05, 4.69) is 20.0 Å². The van der Waals surface area contributed by atoms with E-state index in [1.807, 2.05) is 6.92 Å². The summed E-state index contributed by atoms with van der Waals surface area (Å²) in [5.41, 5.74) is 0.947. The van der Waals surface area contributed by atoms with Crippen LogP contribution in [0.15, 0.2) is 40.2 Å². The second-order valence-electron chi connectivity index (χ2n) is 5.53. The third-order valence-corrected chi connectivity index (χ3v) is 5.34. The molecule has 24 heavy (non-hydrogen) atoms. The van der Waals surface area contributed by atoms with E-state index in [4.69, 9.17) is 0 Å². The largest absolute Gasteiger partial charge is 0.350 e.